The first-order chi connectivity index (χ1) is 9.63. The average Bonchev–Trinajstić information content (AvgIpc) is 2.57. The second-order valence-electron chi connectivity index (χ2n) is 8.02. The smallest absolute Gasteiger partial charge is 0.0225 e. The van der Waals surface area contributed by atoms with Crippen LogP contribution in [-0.2, 0) is 13.1 Å². The van der Waals surface area contributed by atoms with E-state index in [1.165, 1.54) is 29.8 Å². The highest BCUT2D eigenvalue weighted by atomic mass is 15.1. The summed E-state index contributed by atoms with van der Waals surface area (Å²) in [6.07, 6.45) is 2.37. The van der Waals surface area contributed by atoms with Gasteiger partial charge in [0, 0.05) is 41.6 Å². The Bertz CT molecular complexity index is 481. The molecule has 3 heteroatoms. The zero-order chi connectivity index (χ0) is 15.8. The molecule has 21 heavy (non-hydrogen) atoms. The lowest BCUT2D eigenvalue weighted by atomic mass is 9.79. The van der Waals surface area contributed by atoms with Crippen molar-refractivity contribution in [2.24, 2.45) is 0 Å². The number of piperidine rings is 1. The molecule has 3 nitrogen and oxygen atoms in total. The van der Waals surface area contributed by atoms with Crippen LogP contribution in [0.2, 0.25) is 0 Å². The fraction of sp³-hybridized carbons (Fsp3) is 0.778. The summed E-state index contributed by atoms with van der Waals surface area (Å²) >= 11 is 0. The van der Waals surface area contributed by atoms with Gasteiger partial charge in [-0.3, -0.25) is 0 Å². The molecule has 1 aromatic rings. The van der Waals surface area contributed by atoms with Crippen LogP contribution in [0.1, 0.15) is 64.4 Å². The normalized spacial score (nSPS) is 21.7. The number of aromatic nitrogens is 1. The van der Waals surface area contributed by atoms with Gasteiger partial charge >= 0.3 is 0 Å². The SMILES string of the molecule is CCn1c(C)cc(CNC2CC(C)(C)NC(C)(C)C2)c1C. The van der Waals surface area contributed by atoms with Crippen LogP contribution in [0.4, 0.5) is 0 Å². The van der Waals surface area contributed by atoms with Gasteiger partial charge < -0.3 is 15.2 Å². The van der Waals surface area contributed by atoms with Crippen molar-refractivity contribution in [1.29, 1.82) is 0 Å². The Hall–Kier alpha value is -0.800. The van der Waals surface area contributed by atoms with Crippen molar-refractivity contribution < 1.29 is 0 Å². The second-order valence-corrected chi connectivity index (χ2v) is 8.02. The molecular weight excluding hydrogens is 258 g/mol. The third kappa shape index (κ3) is 3.89. The van der Waals surface area contributed by atoms with Crippen LogP contribution in [0.25, 0.3) is 0 Å². The molecule has 0 spiro atoms. The molecule has 1 aliphatic rings. The lowest BCUT2D eigenvalue weighted by Crippen LogP contribution is -2.61. The molecule has 2 N–H and O–H groups in total. The maximum absolute atomic E-state index is 3.80. The van der Waals surface area contributed by atoms with E-state index in [1.54, 1.807) is 0 Å². The standard InChI is InChI=1S/C18H33N3/c1-8-21-13(2)9-15(14(21)3)12-19-16-10-17(4,5)20-18(6,7)11-16/h9,16,19-20H,8,10-12H2,1-7H3. The van der Waals surface area contributed by atoms with E-state index < -0.39 is 0 Å². The van der Waals surface area contributed by atoms with Crippen molar-refractivity contribution in [2.45, 2.75) is 91.5 Å². The minimum atomic E-state index is 0.208. The molecule has 0 radical (unpaired) electrons. The Labute approximate surface area is 130 Å². The summed E-state index contributed by atoms with van der Waals surface area (Å²) in [6.45, 7) is 17.9. The molecule has 1 fully saturated rings. The largest absolute Gasteiger partial charge is 0.349 e. The summed E-state index contributed by atoms with van der Waals surface area (Å²) in [7, 11) is 0. The molecule has 0 amide bonds. The number of hydrogen-bond donors (Lipinski definition) is 2. The van der Waals surface area contributed by atoms with Crippen molar-refractivity contribution in [3.8, 4) is 0 Å². The number of nitrogens with one attached hydrogen (secondary N) is 2. The van der Waals surface area contributed by atoms with Gasteiger partial charge in [-0.25, -0.2) is 0 Å². The van der Waals surface area contributed by atoms with Gasteiger partial charge in [-0.15, -0.1) is 0 Å². The first kappa shape index (κ1) is 16.6. The highest BCUT2D eigenvalue weighted by Crippen LogP contribution is 2.28. The van der Waals surface area contributed by atoms with Gasteiger partial charge in [-0.1, -0.05) is 0 Å². The van der Waals surface area contributed by atoms with E-state index in [4.69, 9.17) is 0 Å². The molecule has 1 saturated heterocycles. The van der Waals surface area contributed by atoms with Gasteiger partial charge in [-0.2, -0.15) is 0 Å². The van der Waals surface area contributed by atoms with Crippen LogP contribution in [0.15, 0.2) is 6.07 Å². The van der Waals surface area contributed by atoms with E-state index in [1.807, 2.05) is 0 Å². The van der Waals surface area contributed by atoms with Crippen LogP contribution >= 0.6 is 0 Å². The van der Waals surface area contributed by atoms with Gasteiger partial charge in [0.15, 0.2) is 0 Å². The molecule has 0 aliphatic carbocycles. The van der Waals surface area contributed by atoms with Crippen LogP contribution in [-0.4, -0.2) is 21.7 Å². The van der Waals surface area contributed by atoms with Gasteiger partial charge in [0.25, 0.3) is 0 Å². The Morgan fingerprint density at radius 2 is 1.76 bits per heavy atom. The summed E-state index contributed by atoms with van der Waals surface area (Å²) < 4.78 is 2.40. The number of hydrogen-bond acceptors (Lipinski definition) is 2. The van der Waals surface area contributed by atoms with Gasteiger partial charge in [-0.05, 0) is 72.9 Å². The van der Waals surface area contributed by atoms with Crippen molar-refractivity contribution in [3.05, 3.63) is 23.0 Å². The Morgan fingerprint density at radius 1 is 1.19 bits per heavy atom. The summed E-state index contributed by atoms with van der Waals surface area (Å²) in [5.74, 6) is 0. The van der Waals surface area contributed by atoms with E-state index in [9.17, 15) is 0 Å². The first-order valence-corrected chi connectivity index (χ1v) is 8.32. The quantitative estimate of drug-likeness (QED) is 0.888. The third-order valence-corrected chi connectivity index (χ3v) is 4.77. The lowest BCUT2D eigenvalue weighted by Gasteiger charge is -2.46. The third-order valence-electron chi connectivity index (χ3n) is 4.77. The maximum atomic E-state index is 3.80. The highest BCUT2D eigenvalue weighted by Gasteiger charge is 2.37. The minimum Gasteiger partial charge on any atom is -0.349 e. The summed E-state index contributed by atoms with van der Waals surface area (Å²) in [5, 5.41) is 7.55. The predicted molar refractivity (Wildman–Crippen MR) is 90.7 cm³/mol. The van der Waals surface area contributed by atoms with E-state index in [0.717, 1.165) is 13.1 Å². The molecule has 1 aromatic heterocycles. The molecule has 0 saturated carbocycles. The maximum Gasteiger partial charge on any atom is 0.0225 e. The van der Waals surface area contributed by atoms with Crippen LogP contribution < -0.4 is 10.6 Å². The average molecular weight is 291 g/mol. The second kappa shape index (κ2) is 5.77. The molecule has 0 unspecified atom stereocenters. The van der Waals surface area contributed by atoms with E-state index in [-0.39, 0.29) is 11.1 Å². The van der Waals surface area contributed by atoms with Crippen molar-refractivity contribution in [2.75, 3.05) is 0 Å². The minimum absolute atomic E-state index is 0.208. The van der Waals surface area contributed by atoms with E-state index in [2.05, 4.69) is 69.7 Å². The van der Waals surface area contributed by atoms with E-state index in [0.29, 0.717) is 6.04 Å². The van der Waals surface area contributed by atoms with Gasteiger partial charge in [0.1, 0.15) is 0 Å². The summed E-state index contributed by atoms with van der Waals surface area (Å²) in [4.78, 5) is 0. The lowest BCUT2D eigenvalue weighted by molar-refractivity contribution is 0.145. The van der Waals surface area contributed by atoms with Gasteiger partial charge in [0.2, 0.25) is 0 Å². The first-order valence-electron chi connectivity index (χ1n) is 8.32. The molecule has 0 aromatic carbocycles. The molecular formula is C18H33N3. The molecule has 2 rings (SSSR count). The van der Waals surface area contributed by atoms with Gasteiger partial charge in [0.05, 0.1) is 0 Å². The number of nitrogens with zero attached hydrogens (tertiary/aromatic N) is 1. The Balaban J connectivity index is 2.03. The van der Waals surface area contributed by atoms with E-state index >= 15 is 0 Å². The van der Waals surface area contributed by atoms with Crippen LogP contribution in [0.3, 0.4) is 0 Å². The Kier molecular flexibility index (Phi) is 4.55. The molecule has 1 aliphatic heterocycles. The zero-order valence-electron chi connectivity index (χ0n) is 14.9. The van der Waals surface area contributed by atoms with Crippen molar-refractivity contribution >= 4 is 0 Å². The fourth-order valence-electron chi connectivity index (χ4n) is 4.26. The monoisotopic (exact) mass is 291 g/mol. The summed E-state index contributed by atoms with van der Waals surface area (Å²) in [5.41, 5.74) is 4.65. The fourth-order valence-corrected chi connectivity index (χ4v) is 4.26. The molecule has 0 atom stereocenters. The topological polar surface area (TPSA) is 29.0 Å². The summed E-state index contributed by atoms with van der Waals surface area (Å²) in [6, 6.07) is 2.92. The van der Waals surface area contributed by atoms with Crippen molar-refractivity contribution in [1.82, 2.24) is 15.2 Å². The van der Waals surface area contributed by atoms with Crippen molar-refractivity contribution in [3.63, 3.8) is 0 Å². The predicted octanol–water partition coefficient (Wildman–Crippen LogP) is 3.52. The Morgan fingerprint density at radius 3 is 2.24 bits per heavy atom. The number of rotatable bonds is 4. The molecule has 120 valence electrons. The molecule has 0 bridgehead atoms. The molecule has 2 heterocycles. The van der Waals surface area contributed by atoms with Crippen LogP contribution in [0, 0.1) is 13.8 Å². The number of aryl methyl sites for hydroxylation is 1. The van der Waals surface area contributed by atoms with Crippen LogP contribution in [0.5, 0.6) is 0 Å². The zero-order valence-corrected chi connectivity index (χ0v) is 14.9. The highest BCUT2D eigenvalue weighted by molar-refractivity contribution is 5.26.